The second-order valence-electron chi connectivity index (χ2n) is 7.64. The Hall–Kier alpha value is -2.88. The van der Waals surface area contributed by atoms with Crippen molar-refractivity contribution in [1.29, 1.82) is 0 Å². The number of hydrogen-bond donors (Lipinski definition) is 2. The Morgan fingerprint density at radius 3 is 2.14 bits per heavy atom. The molecule has 1 aliphatic carbocycles. The molecule has 1 amide bonds. The van der Waals surface area contributed by atoms with E-state index in [2.05, 4.69) is 34.6 Å². The third kappa shape index (κ3) is 4.69. The molecule has 0 radical (unpaired) electrons. The van der Waals surface area contributed by atoms with Crippen molar-refractivity contribution in [2.75, 3.05) is 0 Å². The number of carbonyl (C=O) groups is 1. The molecule has 2 aromatic carbocycles. The normalized spacial score (nSPS) is 14.7. The van der Waals surface area contributed by atoms with Gasteiger partial charge in [0, 0.05) is 24.6 Å². The predicted molar refractivity (Wildman–Crippen MR) is 111 cm³/mol. The fourth-order valence-corrected chi connectivity index (χ4v) is 3.94. The van der Waals surface area contributed by atoms with Crippen LogP contribution in [0.5, 0.6) is 0 Å². The van der Waals surface area contributed by atoms with Gasteiger partial charge in [0.1, 0.15) is 0 Å². The van der Waals surface area contributed by atoms with Crippen molar-refractivity contribution >= 4 is 5.91 Å². The summed E-state index contributed by atoms with van der Waals surface area (Å²) >= 11 is 0. The van der Waals surface area contributed by atoms with E-state index in [4.69, 9.17) is 4.98 Å². The molecule has 4 rings (SSSR count). The molecule has 144 valence electrons. The molecule has 0 bridgehead atoms. The summed E-state index contributed by atoms with van der Waals surface area (Å²) in [4.78, 5) is 20.8. The molecule has 0 spiro atoms. The Kier molecular flexibility index (Phi) is 5.86. The Bertz CT molecular complexity index is 837. The van der Waals surface area contributed by atoms with E-state index in [9.17, 15) is 4.79 Å². The molecule has 0 aliphatic heterocycles. The summed E-state index contributed by atoms with van der Waals surface area (Å²) in [5.41, 5.74) is 4.37. The fourth-order valence-electron chi connectivity index (χ4n) is 3.94. The first-order valence-corrected chi connectivity index (χ1v) is 10.2. The minimum atomic E-state index is -0.0828. The van der Waals surface area contributed by atoms with E-state index in [1.807, 2.05) is 36.4 Å². The standard InChI is InChI=1S/C24H27N3O/c28-24(25-20-14-8-3-9-15-20)23-26-21(16-18-10-4-1-5-11-18)22(27-23)17-19-12-6-2-7-13-19/h1-2,4-7,10-13,20H,3,8-9,14-17H2,(H,25,28)(H,26,27). The monoisotopic (exact) mass is 373 g/mol. The molecule has 0 atom stereocenters. The first-order valence-electron chi connectivity index (χ1n) is 10.2. The molecular formula is C24H27N3O. The summed E-state index contributed by atoms with van der Waals surface area (Å²) in [5.74, 6) is 0.350. The van der Waals surface area contributed by atoms with Gasteiger partial charge in [-0.2, -0.15) is 0 Å². The van der Waals surface area contributed by atoms with Crippen LogP contribution in [0.1, 0.15) is 65.2 Å². The van der Waals surface area contributed by atoms with Gasteiger partial charge in [-0.15, -0.1) is 0 Å². The molecule has 0 saturated heterocycles. The van der Waals surface area contributed by atoms with Gasteiger partial charge in [0.15, 0.2) is 5.82 Å². The Morgan fingerprint density at radius 2 is 1.50 bits per heavy atom. The lowest BCUT2D eigenvalue weighted by Gasteiger charge is -2.22. The number of aromatic amines is 1. The molecule has 4 heteroatoms. The Morgan fingerprint density at radius 1 is 0.893 bits per heavy atom. The zero-order chi connectivity index (χ0) is 19.2. The van der Waals surface area contributed by atoms with Crippen LogP contribution < -0.4 is 5.32 Å². The molecule has 1 aliphatic rings. The van der Waals surface area contributed by atoms with Gasteiger partial charge in [-0.05, 0) is 24.0 Å². The van der Waals surface area contributed by atoms with Crippen LogP contribution in [-0.2, 0) is 12.8 Å². The first-order chi connectivity index (χ1) is 13.8. The quantitative estimate of drug-likeness (QED) is 0.660. The number of H-pyrrole nitrogens is 1. The van der Waals surface area contributed by atoms with E-state index in [0.29, 0.717) is 5.82 Å². The van der Waals surface area contributed by atoms with Gasteiger partial charge in [0.2, 0.25) is 0 Å². The minimum Gasteiger partial charge on any atom is -0.347 e. The number of amides is 1. The van der Waals surface area contributed by atoms with Gasteiger partial charge in [0.25, 0.3) is 5.91 Å². The fraction of sp³-hybridized carbons (Fsp3) is 0.333. The number of nitrogens with one attached hydrogen (secondary N) is 2. The number of carbonyl (C=O) groups excluding carboxylic acids is 1. The topological polar surface area (TPSA) is 57.8 Å². The summed E-state index contributed by atoms with van der Waals surface area (Å²) in [6, 6.07) is 20.9. The number of aromatic nitrogens is 2. The number of benzene rings is 2. The van der Waals surface area contributed by atoms with E-state index in [-0.39, 0.29) is 11.9 Å². The summed E-state index contributed by atoms with van der Waals surface area (Å²) in [6.07, 6.45) is 7.27. The van der Waals surface area contributed by atoms with Crippen LogP contribution >= 0.6 is 0 Å². The van der Waals surface area contributed by atoms with E-state index in [1.165, 1.54) is 30.4 Å². The van der Waals surface area contributed by atoms with Crippen molar-refractivity contribution in [3.63, 3.8) is 0 Å². The highest BCUT2D eigenvalue weighted by molar-refractivity contribution is 5.91. The zero-order valence-electron chi connectivity index (χ0n) is 16.2. The highest BCUT2D eigenvalue weighted by atomic mass is 16.2. The third-order valence-corrected chi connectivity index (χ3v) is 5.46. The Balaban J connectivity index is 1.56. The molecule has 3 aromatic rings. The molecule has 0 unspecified atom stereocenters. The largest absolute Gasteiger partial charge is 0.347 e. The second-order valence-corrected chi connectivity index (χ2v) is 7.64. The zero-order valence-corrected chi connectivity index (χ0v) is 16.2. The first kappa shape index (κ1) is 18.5. The lowest BCUT2D eigenvalue weighted by atomic mass is 9.95. The van der Waals surface area contributed by atoms with E-state index >= 15 is 0 Å². The summed E-state index contributed by atoms with van der Waals surface area (Å²) in [7, 11) is 0. The second kappa shape index (κ2) is 8.87. The maximum atomic E-state index is 12.8. The van der Waals surface area contributed by atoms with Gasteiger partial charge in [-0.3, -0.25) is 4.79 Å². The molecule has 1 aromatic heterocycles. The van der Waals surface area contributed by atoms with E-state index in [0.717, 1.165) is 37.1 Å². The Labute approximate surface area is 166 Å². The van der Waals surface area contributed by atoms with Crippen LogP contribution in [0.25, 0.3) is 0 Å². The molecule has 1 heterocycles. The maximum absolute atomic E-state index is 12.8. The van der Waals surface area contributed by atoms with Crippen LogP contribution in [0.3, 0.4) is 0 Å². The van der Waals surface area contributed by atoms with Gasteiger partial charge in [-0.25, -0.2) is 4.98 Å². The van der Waals surface area contributed by atoms with Crippen LogP contribution in [0, 0.1) is 0 Å². The van der Waals surface area contributed by atoms with Crippen molar-refractivity contribution in [2.24, 2.45) is 0 Å². The molecular weight excluding hydrogens is 346 g/mol. The minimum absolute atomic E-state index is 0.0828. The molecule has 1 saturated carbocycles. The molecule has 2 N–H and O–H groups in total. The molecule has 4 nitrogen and oxygen atoms in total. The van der Waals surface area contributed by atoms with Crippen molar-refractivity contribution in [2.45, 2.75) is 51.0 Å². The molecule has 1 fully saturated rings. The highest BCUT2D eigenvalue weighted by Gasteiger charge is 2.20. The van der Waals surface area contributed by atoms with Crippen LogP contribution in [0.4, 0.5) is 0 Å². The number of rotatable bonds is 6. The van der Waals surface area contributed by atoms with Gasteiger partial charge in [0.05, 0.1) is 5.69 Å². The predicted octanol–water partition coefficient (Wildman–Crippen LogP) is 4.65. The highest BCUT2D eigenvalue weighted by Crippen LogP contribution is 2.19. The average Bonchev–Trinajstić information content (AvgIpc) is 3.13. The van der Waals surface area contributed by atoms with Crippen molar-refractivity contribution in [3.8, 4) is 0 Å². The third-order valence-electron chi connectivity index (χ3n) is 5.46. The number of imidazole rings is 1. The summed E-state index contributed by atoms with van der Waals surface area (Å²) in [5, 5.41) is 3.17. The molecule has 28 heavy (non-hydrogen) atoms. The number of hydrogen-bond acceptors (Lipinski definition) is 2. The van der Waals surface area contributed by atoms with E-state index in [1.54, 1.807) is 0 Å². The maximum Gasteiger partial charge on any atom is 0.287 e. The smallest absolute Gasteiger partial charge is 0.287 e. The van der Waals surface area contributed by atoms with Gasteiger partial charge in [-0.1, -0.05) is 79.9 Å². The van der Waals surface area contributed by atoms with Gasteiger partial charge >= 0.3 is 0 Å². The van der Waals surface area contributed by atoms with Gasteiger partial charge < -0.3 is 10.3 Å². The van der Waals surface area contributed by atoms with E-state index < -0.39 is 0 Å². The van der Waals surface area contributed by atoms with Crippen molar-refractivity contribution < 1.29 is 4.79 Å². The van der Waals surface area contributed by atoms with Crippen LogP contribution in [0.15, 0.2) is 60.7 Å². The SMILES string of the molecule is O=C(NC1CCCCC1)c1nc(Cc2ccccc2)c(Cc2ccccc2)[nH]1. The van der Waals surface area contributed by atoms with Crippen molar-refractivity contribution in [3.05, 3.63) is 89.0 Å². The van der Waals surface area contributed by atoms with Crippen molar-refractivity contribution in [1.82, 2.24) is 15.3 Å². The summed E-state index contributed by atoms with van der Waals surface area (Å²) < 4.78 is 0. The lowest BCUT2D eigenvalue weighted by Crippen LogP contribution is -2.36. The lowest BCUT2D eigenvalue weighted by molar-refractivity contribution is 0.0918. The van der Waals surface area contributed by atoms with Crippen LogP contribution in [-0.4, -0.2) is 21.9 Å². The number of nitrogens with zero attached hydrogens (tertiary/aromatic N) is 1. The average molecular weight is 374 g/mol. The van der Waals surface area contributed by atoms with Crippen LogP contribution in [0.2, 0.25) is 0 Å². The summed E-state index contributed by atoms with van der Waals surface area (Å²) in [6.45, 7) is 0.